The Hall–Kier alpha value is -2.29. The van der Waals surface area contributed by atoms with Crippen molar-refractivity contribution < 1.29 is 0 Å². The van der Waals surface area contributed by atoms with E-state index in [4.69, 9.17) is 4.99 Å². The van der Waals surface area contributed by atoms with Crippen molar-refractivity contribution in [2.75, 3.05) is 10.6 Å². The highest BCUT2D eigenvalue weighted by molar-refractivity contribution is 6.12. The van der Waals surface area contributed by atoms with Gasteiger partial charge in [0.05, 0.1) is 0 Å². The van der Waals surface area contributed by atoms with E-state index in [2.05, 4.69) is 79.9 Å². The van der Waals surface area contributed by atoms with Crippen molar-refractivity contribution in [2.45, 2.75) is 33.4 Å². The first-order valence-corrected chi connectivity index (χ1v) is 7.95. The van der Waals surface area contributed by atoms with Gasteiger partial charge < -0.3 is 10.6 Å². The van der Waals surface area contributed by atoms with E-state index in [-0.39, 0.29) is 6.17 Å². The normalized spacial score (nSPS) is 18.0. The zero-order valence-corrected chi connectivity index (χ0v) is 13.4. The van der Waals surface area contributed by atoms with Crippen molar-refractivity contribution in [3.05, 3.63) is 59.7 Å². The molecule has 0 saturated heterocycles. The molecule has 2 N–H and O–H groups in total. The van der Waals surface area contributed by atoms with Gasteiger partial charge >= 0.3 is 0 Å². The van der Waals surface area contributed by atoms with Gasteiger partial charge in [0.15, 0.2) is 0 Å². The second-order valence-corrected chi connectivity index (χ2v) is 5.99. The fourth-order valence-corrected chi connectivity index (χ4v) is 2.58. The number of hydrogen-bond acceptors (Lipinski definition) is 3. The number of amidine groups is 1. The van der Waals surface area contributed by atoms with Crippen molar-refractivity contribution in [3.8, 4) is 0 Å². The van der Waals surface area contributed by atoms with E-state index in [9.17, 15) is 0 Å². The minimum Gasteiger partial charge on any atom is -0.363 e. The molecule has 0 bridgehead atoms. The highest BCUT2D eigenvalue weighted by Crippen LogP contribution is 2.26. The van der Waals surface area contributed by atoms with Crippen LogP contribution in [-0.2, 0) is 0 Å². The summed E-state index contributed by atoms with van der Waals surface area (Å²) in [7, 11) is 0. The number of aliphatic imine (C=N–C) groups is 1. The summed E-state index contributed by atoms with van der Waals surface area (Å²) in [6.45, 7) is 6.54. The highest BCUT2D eigenvalue weighted by Gasteiger charge is 2.23. The lowest BCUT2D eigenvalue weighted by Gasteiger charge is -2.29. The molecule has 0 amide bonds. The first-order chi connectivity index (χ1) is 10.7. The molecule has 0 spiro atoms. The summed E-state index contributed by atoms with van der Waals surface area (Å²) in [6, 6.07) is 16.8. The summed E-state index contributed by atoms with van der Waals surface area (Å²) < 4.78 is 0. The standard InChI is InChI=1S/C19H23N3/c1-4-14(3)18-21-17-8-6-5-7-16(17)19(22-18)20-15-11-9-13(2)10-12-15/h5-12,14,18,21H,4H2,1-3H3,(H,20,22). The minimum atomic E-state index is 0.118. The van der Waals surface area contributed by atoms with E-state index in [1.54, 1.807) is 0 Å². The Balaban J connectivity index is 1.94. The topological polar surface area (TPSA) is 36.4 Å². The van der Waals surface area contributed by atoms with E-state index in [1.165, 1.54) is 5.56 Å². The van der Waals surface area contributed by atoms with Crippen LogP contribution >= 0.6 is 0 Å². The summed E-state index contributed by atoms with van der Waals surface area (Å²) in [5, 5.41) is 7.03. The average Bonchev–Trinajstić information content (AvgIpc) is 2.56. The Kier molecular flexibility index (Phi) is 4.14. The molecule has 114 valence electrons. The van der Waals surface area contributed by atoms with Gasteiger partial charge in [0.2, 0.25) is 0 Å². The Morgan fingerprint density at radius 3 is 2.59 bits per heavy atom. The van der Waals surface area contributed by atoms with Crippen LogP contribution in [0.3, 0.4) is 0 Å². The molecule has 1 heterocycles. The van der Waals surface area contributed by atoms with E-state index in [0.717, 1.165) is 29.2 Å². The summed E-state index contributed by atoms with van der Waals surface area (Å²) in [5.74, 6) is 1.44. The smallest absolute Gasteiger partial charge is 0.137 e. The third kappa shape index (κ3) is 2.98. The summed E-state index contributed by atoms with van der Waals surface area (Å²) >= 11 is 0. The van der Waals surface area contributed by atoms with Crippen LogP contribution in [0.25, 0.3) is 0 Å². The number of para-hydroxylation sites is 1. The van der Waals surface area contributed by atoms with Crippen LogP contribution in [0.5, 0.6) is 0 Å². The monoisotopic (exact) mass is 293 g/mol. The van der Waals surface area contributed by atoms with Crippen LogP contribution in [0.1, 0.15) is 31.4 Å². The number of aryl methyl sites for hydroxylation is 1. The first kappa shape index (κ1) is 14.6. The van der Waals surface area contributed by atoms with E-state index >= 15 is 0 Å². The molecule has 2 atom stereocenters. The Morgan fingerprint density at radius 2 is 1.86 bits per heavy atom. The molecule has 1 aliphatic heterocycles. The third-order valence-corrected chi connectivity index (χ3v) is 4.25. The quantitative estimate of drug-likeness (QED) is 0.864. The van der Waals surface area contributed by atoms with Gasteiger partial charge in [-0.2, -0.15) is 0 Å². The average molecular weight is 293 g/mol. The molecule has 0 saturated carbocycles. The van der Waals surface area contributed by atoms with Crippen LogP contribution in [0.2, 0.25) is 0 Å². The fraction of sp³-hybridized carbons (Fsp3) is 0.316. The van der Waals surface area contributed by atoms with E-state index in [1.807, 2.05) is 0 Å². The number of benzene rings is 2. The van der Waals surface area contributed by atoms with Crippen LogP contribution in [0, 0.1) is 12.8 Å². The zero-order valence-electron chi connectivity index (χ0n) is 13.4. The second-order valence-electron chi connectivity index (χ2n) is 5.99. The van der Waals surface area contributed by atoms with Gasteiger partial charge in [-0.25, -0.2) is 4.99 Å². The molecular weight excluding hydrogens is 270 g/mol. The van der Waals surface area contributed by atoms with Gasteiger partial charge in [0.1, 0.15) is 12.0 Å². The van der Waals surface area contributed by atoms with Crippen molar-refractivity contribution >= 4 is 17.2 Å². The molecule has 22 heavy (non-hydrogen) atoms. The minimum absolute atomic E-state index is 0.118. The van der Waals surface area contributed by atoms with Gasteiger partial charge in [-0.05, 0) is 43.5 Å². The molecule has 3 nitrogen and oxygen atoms in total. The Labute approximate surface area is 132 Å². The molecule has 1 aliphatic rings. The van der Waals surface area contributed by atoms with Gasteiger partial charge in [-0.15, -0.1) is 0 Å². The molecule has 0 aliphatic carbocycles. The van der Waals surface area contributed by atoms with Crippen LogP contribution in [0.15, 0.2) is 53.5 Å². The van der Waals surface area contributed by atoms with Crippen molar-refractivity contribution in [2.24, 2.45) is 10.9 Å². The number of nitrogens with zero attached hydrogens (tertiary/aromatic N) is 1. The fourth-order valence-electron chi connectivity index (χ4n) is 2.58. The van der Waals surface area contributed by atoms with Crippen LogP contribution in [0.4, 0.5) is 11.4 Å². The van der Waals surface area contributed by atoms with Crippen molar-refractivity contribution in [1.82, 2.24) is 0 Å². The van der Waals surface area contributed by atoms with Gasteiger partial charge in [0, 0.05) is 16.9 Å². The van der Waals surface area contributed by atoms with Crippen molar-refractivity contribution in [3.63, 3.8) is 0 Å². The highest BCUT2D eigenvalue weighted by atomic mass is 15.2. The third-order valence-electron chi connectivity index (χ3n) is 4.25. The summed E-state index contributed by atoms with van der Waals surface area (Å²) in [4.78, 5) is 4.91. The number of fused-ring (bicyclic) bond motifs is 1. The summed E-state index contributed by atoms with van der Waals surface area (Å²) in [5.41, 5.74) is 4.61. The number of anilines is 2. The lowest BCUT2D eigenvalue weighted by Crippen LogP contribution is -2.33. The maximum Gasteiger partial charge on any atom is 0.137 e. The molecule has 2 aromatic rings. The molecule has 0 radical (unpaired) electrons. The Bertz CT molecular complexity index is 673. The molecule has 0 aromatic heterocycles. The second kappa shape index (κ2) is 6.22. The maximum absolute atomic E-state index is 4.91. The lowest BCUT2D eigenvalue weighted by molar-refractivity contribution is 0.479. The molecule has 0 fully saturated rings. The molecule has 2 unspecified atom stereocenters. The van der Waals surface area contributed by atoms with E-state index < -0.39 is 0 Å². The zero-order chi connectivity index (χ0) is 15.5. The first-order valence-electron chi connectivity index (χ1n) is 7.95. The predicted molar refractivity (Wildman–Crippen MR) is 94.6 cm³/mol. The van der Waals surface area contributed by atoms with Crippen LogP contribution in [-0.4, -0.2) is 12.0 Å². The molecule has 2 aromatic carbocycles. The predicted octanol–water partition coefficient (Wildman–Crippen LogP) is 4.65. The van der Waals surface area contributed by atoms with Gasteiger partial charge in [-0.3, -0.25) is 0 Å². The molecule has 3 rings (SSSR count). The number of nitrogens with one attached hydrogen (secondary N) is 2. The lowest BCUT2D eigenvalue weighted by atomic mass is 10.0. The SMILES string of the molecule is CCC(C)C1N=C(Nc2ccc(C)cc2)c2ccccc2N1. The largest absolute Gasteiger partial charge is 0.363 e. The molecule has 3 heteroatoms. The molecular formula is C19H23N3. The van der Waals surface area contributed by atoms with Crippen molar-refractivity contribution in [1.29, 1.82) is 0 Å². The summed E-state index contributed by atoms with van der Waals surface area (Å²) in [6.07, 6.45) is 1.22. The number of rotatable bonds is 3. The van der Waals surface area contributed by atoms with E-state index in [0.29, 0.717) is 5.92 Å². The van der Waals surface area contributed by atoms with Crippen LogP contribution < -0.4 is 10.6 Å². The maximum atomic E-state index is 4.91. The Morgan fingerprint density at radius 1 is 1.14 bits per heavy atom. The number of hydrogen-bond donors (Lipinski definition) is 2. The van der Waals surface area contributed by atoms with Gasteiger partial charge in [-0.1, -0.05) is 43.7 Å². The van der Waals surface area contributed by atoms with Gasteiger partial charge in [0.25, 0.3) is 0 Å².